The molecule has 1 N–H and O–H groups in total. The molecule has 1 amide bonds. The van der Waals surface area contributed by atoms with Gasteiger partial charge in [-0.15, -0.1) is 15.3 Å². The Kier molecular flexibility index (Phi) is 4.90. The predicted molar refractivity (Wildman–Crippen MR) is 107 cm³/mol. The number of carbonyl (C=O) groups is 1. The molecule has 0 bridgehead atoms. The van der Waals surface area contributed by atoms with Crippen LogP contribution in [0.2, 0.25) is 0 Å². The summed E-state index contributed by atoms with van der Waals surface area (Å²) in [4.78, 5) is 12.6. The molecule has 2 heterocycles. The summed E-state index contributed by atoms with van der Waals surface area (Å²) in [6.07, 6.45) is 1.47. The molecule has 9 heteroatoms. The lowest BCUT2D eigenvalue weighted by molar-refractivity contribution is 0.102. The summed E-state index contributed by atoms with van der Waals surface area (Å²) in [5, 5.41) is 23.3. The maximum absolute atomic E-state index is 12.6. The number of aromatic nitrogens is 6. The molecule has 140 valence electrons. The summed E-state index contributed by atoms with van der Waals surface area (Å²) in [7, 11) is 0. The third-order valence-electron chi connectivity index (χ3n) is 4.19. The fraction of sp³-hybridized carbons (Fsp3) is 0.158. The molecule has 0 radical (unpaired) electrons. The minimum Gasteiger partial charge on any atom is -0.296 e. The molecule has 28 heavy (non-hydrogen) atoms. The Morgan fingerprint density at radius 2 is 1.93 bits per heavy atom. The number of benzene rings is 2. The fourth-order valence-corrected chi connectivity index (χ4v) is 3.38. The van der Waals surface area contributed by atoms with Crippen molar-refractivity contribution in [3.8, 4) is 16.3 Å². The SMILES string of the molecule is CC(C)c1ccc(-c2nnc(NC(=O)c3cccc(-n4cnnn4)c3)s2)cc1. The molecular formula is C19H17N7OS. The van der Waals surface area contributed by atoms with Crippen LogP contribution in [0.3, 0.4) is 0 Å². The van der Waals surface area contributed by atoms with Gasteiger partial charge in [0.2, 0.25) is 5.13 Å². The van der Waals surface area contributed by atoms with Gasteiger partial charge in [-0.05, 0) is 40.1 Å². The first-order valence-electron chi connectivity index (χ1n) is 8.69. The van der Waals surface area contributed by atoms with Crippen LogP contribution in [-0.2, 0) is 0 Å². The van der Waals surface area contributed by atoms with Gasteiger partial charge in [0.25, 0.3) is 5.91 Å². The number of nitrogens with zero attached hydrogens (tertiary/aromatic N) is 6. The fourth-order valence-electron chi connectivity index (χ4n) is 2.64. The number of anilines is 1. The molecule has 2 aromatic heterocycles. The molecule has 0 fully saturated rings. The van der Waals surface area contributed by atoms with Crippen LogP contribution in [0.25, 0.3) is 16.3 Å². The average Bonchev–Trinajstić information content (AvgIpc) is 3.40. The van der Waals surface area contributed by atoms with Gasteiger partial charge in [0.05, 0.1) is 5.69 Å². The zero-order valence-corrected chi connectivity index (χ0v) is 16.1. The van der Waals surface area contributed by atoms with Gasteiger partial charge >= 0.3 is 0 Å². The van der Waals surface area contributed by atoms with Crippen molar-refractivity contribution in [3.05, 3.63) is 66.0 Å². The lowest BCUT2D eigenvalue weighted by Gasteiger charge is -2.05. The summed E-state index contributed by atoms with van der Waals surface area (Å²) >= 11 is 1.33. The first kappa shape index (κ1) is 17.9. The van der Waals surface area contributed by atoms with Gasteiger partial charge in [-0.2, -0.15) is 0 Å². The highest BCUT2D eigenvalue weighted by Crippen LogP contribution is 2.28. The van der Waals surface area contributed by atoms with Crippen molar-refractivity contribution in [3.63, 3.8) is 0 Å². The minimum absolute atomic E-state index is 0.271. The Morgan fingerprint density at radius 1 is 1.11 bits per heavy atom. The normalized spacial score (nSPS) is 11.0. The molecule has 4 aromatic rings. The smallest absolute Gasteiger partial charge is 0.257 e. The number of rotatable bonds is 5. The topological polar surface area (TPSA) is 98.5 Å². The number of amides is 1. The number of nitrogens with one attached hydrogen (secondary N) is 1. The number of hydrogen-bond acceptors (Lipinski definition) is 7. The van der Waals surface area contributed by atoms with E-state index in [9.17, 15) is 4.79 Å². The van der Waals surface area contributed by atoms with Gasteiger partial charge in [0.15, 0.2) is 0 Å². The van der Waals surface area contributed by atoms with E-state index in [4.69, 9.17) is 0 Å². The zero-order chi connectivity index (χ0) is 19.5. The van der Waals surface area contributed by atoms with Crippen LogP contribution in [0.15, 0.2) is 54.9 Å². The molecule has 0 aliphatic rings. The lowest BCUT2D eigenvalue weighted by Crippen LogP contribution is -2.12. The van der Waals surface area contributed by atoms with Crippen LogP contribution >= 0.6 is 11.3 Å². The third kappa shape index (κ3) is 3.79. The van der Waals surface area contributed by atoms with E-state index in [1.165, 1.54) is 27.9 Å². The quantitative estimate of drug-likeness (QED) is 0.558. The van der Waals surface area contributed by atoms with E-state index in [2.05, 4.69) is 57.0 Å². The van der Waals surface area contributed by atoms with E-state index in [1.807, 2.05) is 18.2 Å². The van der Waals surface area contributed by atoms with E-state index >= 15 is 0 Å². The van der Waals surface area contributed by atoms with Gasteiger partial charge in [-0.1, -0.05) is 55.5 Å². The van der Waals surface area contributed by atoms with Gasteiger partial charge in [-0.3, -0.25) is 10.1 Å². The number of hydrogen-bond donors (Lipinski definition) is 1. The first-order valence-corrected chi connectivity index (χ1v) is 9.50. The van der Waals surface area contributed by atoms with Crippen molar-refractivity contribution in [2.75, 3.05) is 5.32 Å². The maximum atomic E-state index is 12.6. The standard InChI is InChI=1S/C19H17N7OS/c1-12(2)13-6-8-14(9-7-13)18-22-23-19(28-18)21-17(27)15-4-3-5-16(10-15)26-11-20-24-25-26/h3-12H,1-2H3,(H,21,23,27). The predicted octanol–water partition coefficient (Wildman–Crippen LogP) is 3.56. The summed E-state index contributed by atoms with van der Waals surface area (Å²) in [5.41, 5.74) is 3.42. The van der Waals surface area contributed by atoms with E-state index in [1.54, 1.807) is 18.2 Å². The average molecular weight is 391 g/mol. The van der Waals surface area contributed by atoms with E-state index in [0.717, 1.165) is 10.6 Å². The molecule has 0 spiro atoms. The Hall–Kier alpha value is -3.46. The van der Waals surface area contributed by atoms with E-state index in [0.29, 0.717) is 22.3 Å². The van der Waals surface area contributed by atoms with Gasteiger partial charge in [0.1, 0.15) is 11.3 Å². The molecule has 8 nitrogen and oxygen atoms in total. The lowest BCUT2D eigenvalue weighted by atomic mass is 10.0. The van der Waals surface area contributed by atoms with Crippen LogP contribution in [0, 0.1) is 0 Å². The van der Waals surface area contributed by atoms with Crippen LogP contribution in [-0.4, -0.2) is 36.3 Å². The minimum atomic E-state index is -0.271. The molecule has 0 aliphatic heterocycles. The van der Waals surface area contributed by atoms with Crippen LogP contribution in [0.4, 0.5) is 5.13 Å². The largest absolute Gasteiger partial charge is 0.296 e. The molecule has 0 unspecified atom stereocenters. The summed E-state index contributed by atoms with van der Waals surface area (Å²) in [5.74, 6) is 0.204. The van der Waals surface area contributed by atoms with Crippen LogP contribution < -0.4 is 5.32 Å². The summed E-state index contributed by atoms with van der Waals surface area (Å²) in [6.45, 7) is 4.31. The Bertz CT molecular complexity index is 1090. The van der Waals surface area contributed by atoms with Gasteiger partial charge < -0.3 is 0 Å². The first-order chi connectivity index (χ1) is 13.6. The highest BCUT2D eigenvalue weighted by molar-refractivity contribution is 7.18. The molecule has 0 atom stereocenters. The second-order valence-corrected chi connectivity index (χ2v) is 7.43. The van der Waals surface area contributed by atoms with Crippen molar-refractivity contribution in [2.24, 2.45) is 0 Å². The summed E-state index contributed by atoms with van der Waals surface area (Å²) < 4.78 is 1.49. The van der Waals surface area contributed by atoms with Crippen LogP contribution in [0.1, 0.15) is 35.7 Å². The second kappa shape index (κ2) is 7.65. The van der Waals surface area contributed by atoms with Crippen molar-refractivity contribution in [1.29, 1.82) is 0 Å². The van der Waals surface area contributed by atoms with Gasteiger partial charge in [0, 0.05) is 11.1 Å². The molecule has 0 aliphatic carbocycles. The second-order valence-electron chi connectivity index (χ2n) is 6.45. The third-order valence-corrected chi connectivity index (χ3v) is 5.08. The molecular weight excluding hydrogens is 374 g/mol. The zero-order valence-electron chi connectivity index (χ0n) is 15.3. The van der Waals surface area contributed by atoms with Gasteiger partial charge in [-0.25, -0.2) is 4.68 Å². The molecule has 0 saturated heterocycles. The monoisotopic (exact) mass is 391 g/mol. The molecule has 2 aromatic carbocycles. The summed E-state index contributed by atoms with van der Waals surface area (Å²) in [6, 6.07) is 15.2. The van der Waals surface area contributed by atoms with E-state index < -0.39 is 0 Å². The maximum Gasteiger partial charge on any atom is 0.257 e. The highest BCUT2D eigenvalue weighted by atomic mass is 32.1. The Morgan fingerprint density at radius 3 is 2.64 bits per heavy atom. The van der Waals surface area contributed by atoms with Crippen molar-refractivity contribution in [2.45, 2.75) is 19.8 Å². The van der Waals surface area contributed by atoms with E-state index in [-0.39, 0.29) is 5.91 Å². The molecule has 4 rings (SSSR count). The number of carbonyl (C=O) groups excluding carboxylic acids is 1. The Balaban J connectivity index is 1.49. The van der Waals surface area contributed by atoms with Crippen molar-refractivity contribution < 1.29 is 4.79 Å². The number of tetrazole rings is 1. The Labute approximate surface area is 165 Å². The highest BCUT2D eigenvalue weighted by Gasteiger charge is 2.13. The molecule has 0 saturated carbocycles. The van der Waals surface area contributed by atoms with Crippen LogP contribution in [0.5, 0.6) is 0 Å². The van der Waals surface area contributed by atoms with Crippen molar-refractivity contribution >= 4 is 22.4 Å². The van der Waals surface area contributed by atoms with Crippen molar-refractivity contribution in [1.82, 2.24) is 30.4 Å².